The van der Waals surface area contributed by atoms with Crippen LogP contribution in [0.1, 0.15) is 23.0 Å². The van der Waals surface area contributed by atoms with Crippen molar-refractivity contribution in [2.45, 2.75) is 13.8 Å². The number of halogens is 1. The Hall–Kier alpha value is -1.33. The van der Waals surface area contributed by atoms with Crippen LogP contribution in [0, 0.1) is 6.92 Å². The van der Waals surface area contributed by atoms with Crippen LogP contribution in [-0.4, -0.2) is 17.5 Å². The number of nitrogens with one attached hydrogen (secondary N) is 2. The van der Waals surface area contributed by atoms with Crippen molar-refractivity contribution in [1.29, 1.82) is 0 Å². The Balaban J connectivity index is 2.99. The molecule has 0 aromatic carbocycles. The Morgan fingerprint density at radius 2 is 2.33 bits per heavy atom. The number of aromatic amines is 1. The van der Waals surface area contributed by atoms with Gasteiger partial charge in [0.2, 0.25) is 0 Å². The van der Waals surface area contributed by atoms with Gasteiger partial charge in [0, 0.05) is 5.69 Å². The summed E-state index contributed by atoms with van der Waals surface area (Å²) in [7, 11) is 0. The Bertz CT molecular complexity index is 428. The van der Waals surface area contributed by atoms with Crippen molar-refractivity contribution in [3.63, 3.8) is 0 Å². The number of amides is 1. The number of carbonyl (C=O) groups excluding carboxylic acids is 1. The SMILES string of the molecule is CCONC(=O)c1cc(Cl)c(C)[nH]c1=O. The summed E-state index contributed by atoms with van der Waals surface area (Å²) in [5.74, 6) is -0.611. The van der Waals surface area contributed by atoms with Gasteiger partial charge in [-0.1, -0.05) is 11.6 Å². The average molecular weight is 231 g/mol. The molecule has 6 heteroatoms. The van der Waals surface area contributed by atoms with Crippen LogP contribution >= 0.6 is 11.6 Å². The molecule has 0 unspecified atom stereocenters. The molecular formula is C9H11ClN2O3. The number of carbonyl (C=O) groups is 1. The third-order valence-electron chi connectivity index (χ3n) is 1.73. The normalized spacial score (nSPS) is 10.1. The first kappa shape index (κ1) is 11.7. The molecule has 1 heterocycles. The van der Waals surface area contributed by atoms with Crippen molar-refractivity contribution >= 4 is 17.5 Å². The van der Waals surface area contributed by atoms with E-state index in [1.54, 1.807) is 13.8 Å². The van der Waals surface area contributed by atoms with Crippen LogP contribution in [-0.2, 0) is 4.84 Å². The second kappa shape index (κ2) is 4.95. The number of pyridine rings is 1. The zero-order valence-electron chi connectivity index (χ0n) is 8.39. The highest BCUT2D eigenvalue weighted by Gasteiger charge is 2.12. The van der Waals surface area contributed by atoms with E-state index in [0.717, 1.165) is 0 Å². The fourth-order valence-electron chi connectivity index (χ4n) is 0.959. The maximum atomic E-state index is 11.4. The van der Waals surface area contributed by atoms with Crippen LogP contribution in [0.4, 0.5) is 0 Å². The van der Waals surface area contributed by atoms with E-state index in [0.29, 0.717) is 17.3 Å². The molecule has 0 saturated carbocycles. The molecule has 15 heavy (non-hydrogen) atoms. The van der Waals surface area contributed by atoms with Crippen LogP contribution in [0.15, 0.2) is 10.9 Å². The molecule has 1 aromatic heterocycles. The van der Waals surface area contributed by atoms with Crippen molar-refractivity contribution in [3.8, 4) is 0 Å². The van der Waals surface area contributed by atoms with Gasteiger partial charge < -0.3 is 4.98 Å². The zero-order chi connectivity index (χ0) is 11.4. The van der Waals surface area contributed by atoms with Crippen molar-refractivity contribution < 1.29 is 9.63 Å². The molecule has 0 radical (unpaired) electrons. The smallest absolute Gasteiger partial charge is 0.280 e. The first-order valence-corrected chi connectivity index (χ1v) is 4.75. The van der Waals surface area contributed by atoms with Gasteiger partial charge in [-0.25, -0.2) is 5.48 Å². The predicted octanol–water partition coefficient (Wildman–Crippen LogP) is 1.02. The van der Waals surface area contributed by atoms with Gasteiger partial charge >= 0.3 is 0 Å². The third kappa shape index (κ3) is 2.81. The van der Waals surface area contributed by atoms with Crippen molar-refractivity contribution in [3.05, 3.63) is 32.7 Å². The fourth-order valence-corrected chi connectivity index (χ4v) is 1.12. The van der Waals surface area contributed by atoms with Gasteiger partial charge in [0.25, 0.3) is 11.5 Å². The Labute approximate surface area is 91.4 Å². The van der Waals surface area contributed by atoms with Gasteiger partial charge in [0.1, 0.15) is 5.56 Å². The van der Waals surface area contributed by atoms with Crippen LogP contribution in [0.25, 0.3) is 0 Å². The van der Waals surface area contributed by atoms with Crippen LogP contribution in [0.2, 0.25) is 5.02 Å². The van der Waals surface area contributed by atoms with E-state index in [-0.39, 0.29) is 5.56 Å². The van der Waals surface area contributed by atoms with E-state index < -0.39 is 11.5 Å². The van der Waals surface area contributed by atoms with E-state index in [4.69, 9.17) is 11.6 Å². The van der Waals surface area contributed by atoms with E-state index >= 15 is 0 Å². The van der Waals surface area contributed by atoms with E-state index in [2.05, 4.69) is 15.3 Å². The van der Waals surface area contributed by atoms with Gasteiger partial charge in [0.15, 0.2) is 0 Å². The third-order valence-corrected chi connectivity index (χ3v) is 2.12. The molecule has 1 aromatic rings. The molecule has 5 nitrogen and oxygen atoms in total. The maximum Gasteiger partial charge on any atom is 0.280 e. The second-order valence-electron chi connectivity index (χ2n) is 2.85. The van der Waals surface area contributed by atoms with E-state index in [1.807, 2.05) is 0 Å². The lowest BCUT2D eigenvalue weighted by Crippen LogP contribution is -2.30. The number of aryl methyl sites for hydroxylation is 1. The monoisotopic (exact) mass is 230 g/mol. The Kier molecular flexibility index (Phi) is 3.88. The minimum absolute atomic E-state index is 0.0703. The van der Waals surface area contributed by atoms with Crippen LogP contribution < -0.4 is 11.0 Å². The lowest BCUT2D eigenvalue weighted by atomic mass is 10.2. The molecule has 1 rings (SSSR count). The van der Waals surface area contributed by atoms with Gasteiger partial charge in [-0.15, -0.1) is 0 Å². The summed E-state index contributed by atoms with van der Waals surface area (Å²) in [4.78, 5) is 29.9. The molecule has 2 N–H and O–H groups in total. The first-order chi connectivity index (χ1) is 7.06. The quantitative estimate of drug-likeness (QED) is 0.762. The molecule has 0 bridgehead atoms. The highest BCUT2D eigenvalue weighted by Crippen LogP contribution is 2.11. The number of rotatable bonds is 3. The molecule has 0 fully saturated rings. The summed E-state index contributed by atoms with van der Waals surface area (Å²) >= 11 is 5.77. The summed E-state index contributed by atoms with van der Waals surface area (Å²) < 4.78 is 0. The maximum absolute atomic E-state index is 11.4. The number of aromatic nitrogens is 1. The number of hydrogen-bond acceptors (Lipinski definition) is 3. The van der Waals surface area contributed by atoms with Crippen LogP contribution in [0.3, 0.4) is 0 Å². The first-order valence-electron chi connectivity index (χ1n) is 4.37. The molecule has 0 aliphatic heterocycles. The second-order valence-corrected chi connectivity index (χ2v) is 3.26. The molecule has 0 spiro atoms. The Morgan fingerprint density at radius 1 is 1.67 bits per heavy atom. The van der Waals surface area contributed by atoms with Gasteiger partial charge in [-0.2, -0.15) is 0 Å². The molecule has 0 aliphatic rings. The summed E-state index contributed by atoms with van der Waals surface area (Å²) in [5.41, 5.74) is 2.08. The summed E-state index contributed by atoms with van der Waals surface area (Å²) in [6, 6.07) is 1.31. The van der Waals surface area contributed by atoms with Crippen molar-refractivity contribution in [1.82, 2.24) is 10.5 Å². The highest BCUT2D eigenvalue weighted by molar-refractivity contribution is 6.31. The zero-order valence-corrected chi connectivity index (χ0v) is 9.14. The Morgan fingerprint density at radius 3 is 2.93 bits per heavy atom. The molecule has 1 amide bonds. The van der Waals surface area contributed by atoms with Crippen molar-refractivity contribution in [2.75, 3.05) is 6.61 Å². The van der Waals surface area contributed by atoms with Gasteiger partial charge in [-0.3, -0.25) is 14.4 Å². The minimum atomic E-state index is -0.611. The lowest BCUT2D eigenvalue weighted by Gasteiger charge is -2.04. The molecular weight excluding hydrogens is 220 g/mol. The molecule has 0 aliphatic carbocycles. The van der Waals surface area contributed by atoms with Gasteiger partial charge in [-0.05, 0) is 19.9 Å². The molecule has 82 valence electrons. The molecule has 0 atom stereocenters. The number of hydroxylamine groups is 1. The summed E-state index contributed by atoms with van der Waals surface area (Å²) in [6.45, 7) is 3.68. The minimum Gasteiger partial charge on any atom is -0.324 e. The lowest BCUT2D eigenvalue weighted by molar-refractivity contribution is 0.0363. The highest BCUT2D eigenvalue weighted by atomic mass is 35.5. The predicted molar refractivity (Wildman–Crippen MR) is 55.9 cm³/mol. The number of hydrogen-bond donors (Lipinski definition) is 2. The number of H-pyrrole nitrogens is 1. The van der Waals surface area contributed by atoms with Crippen LogP contribution in [0.5, 0.6) is 0 Å². The largest absolute Gasteiger partial charge is 0.324 e. The summed E-state index contributed by atoms with van der Waals surface area (Å²) in [6.07, 6.45) is 0. The standard InChI is InChI=1S/C9H11ClN2O3/c1-3-15-12-9(14)6-4-7(10)5(2)11-8(6)13/h4H,3H2,1-2H3,(H,11,13)(H,12,14). The summed E-state index contributed by atoms with van der Waals surface area (Å²) in [5, 5.41) is 0.330. The topological polar surface area (TPSA) is 71.2 Å². The van der Waals surface area contributed by atoms with E-state index in [9.17, 15) is 9.59 Å². The van der Waals surface area contributed by atoms with E-state index in [1.165, 1.54) is 6.07 Å². The fraction of sp³-hybridized carbons (Fsp3) is 0.333. The molecule has 0 saturated heterocycles. The van der Waals surface area contributed by atoms with Crippen molar-refractivity contribution in [2.24, 2.45) is 0 Å². The van der Waals surface area contributed by atoms with Gasteiger partial charge in [0.05, 0.1) is 11.6 Å². The average Bonchev–Trinajstić information content (AvgIpc) is 2.20.